The third-order valence-corrected chi connectivity index (χ3v) is 5.00. The predicted octanol–water partition coefficient (Wildman–Crippen LogP) is 2.44. The van der Waals surface area contributed by atoms with Crippen LogP contribution in [0.15, 0.2) is 35.1 Å². The van der Waals surface area contributed by atoms with Crippen molar-refractivity contribution in [3.8, 4) is 0 Å². The molecule has 1 aliphatic rings. The molecule has 1 aromatic heterocycles. The van der Waals surface area contributed by atoms with Crippen LogP contribution in [0.3, 0.4) is 0 Å². The molecule has 5 nitrogen and oxygen atoms in total. The van der Waals surface area contributed by atoms with Gasteiger partial charge in [-0.25, -0.2) is 0 Å². The summed E-state index contributed by atoms with van der Waals surface area (Å²) < 4.78 is 0. The summed E-state index contributed by atoms with van der Waals surface area (Å²) in [7, 11) is 0. The zero-order valence-electron chi connectivity index (χ0n) is 13.9. The summed E-state index contributed by atoms with van der Waals surface area (Å²) in [6, 6.07) is 9.63. The maximum atomic E-state index is 12.2. The molecule has 1 fully saturated rings. The molecule has 1 saturated carbocycles. The van der Waals surface area contributed by atoms with Crippen LogP contribution >= 0.6 is 0 Å². The SMILES string of the molecule is NC(=O)C[C@@H](NCc1cc2ccccc2c(=O)[nH]1)C1CCCCC1. The zero-order chi connectivity index (χ0) is 16.9. The van der Waals surface area contributed by atoms with Crippen LogP contribution < -0.4 is 16.6 Å². The highest BCUT2D eigenvalue weighted by atomic mass is 16.1. The Morgan fingerprint density at radius 3 is 2.75 bits per heavy atom. The van der Waals surface area contributed by atoms with E-state index < -0.39 is 0 Å². The van der Waals surface area contributed by atoms with Gasteiger partial charge in [0.2, 0.25) is 5.91 Å². The standard InChI is InChI=1S/C19H25N3O2/c20-18(23)11-17(13-6-2-1-3-7-13)21-12-15-10-14-8-4-5-9-16(14)19(24)22-15/h4-5,8-10,13,17,21H,1-3,6-7,11-12H2,(H2,20,23)(H,22,24)/t17-/m1/s1. The van der Waals surface area contributed by atoms with E-state index in [-0.39, 0.29) is 17.5 Å². The van der Waals surface area contributed by atoms with Crippen LogP contribution in [0.4, 0.5) is 0 Å². The molecule has 1 aliphatic carbocycles. The number of amides is 1. The first-order valence-electron chi connectivity index (χ1n) is 8.76. The van der Waals surface area contributed by atoms with E-state index in [4.69, 9.17) is 5.73 Å². The normalized spacial score (nSPS) is 17.0. The average molecular weight is 327 g/mol. The molecule has 0 spiro atoms. The number of nitrogens with two attached hydrogens (primary N) is 1. The van der Waals surface area contributed by atoms with Gasteiger partial charge in [-0.2, -0.15) is 0 Å². The molecular formula is C19H25N3O2. The molecule has 2 aromatic rings. The molecule has 1 amide bonds. The molecule has 0 unspecified atom stereocenters. The van der Waals surface area contributed by atoms with Crippen molar-refractivity contribution in [3.05, 3.63) is 46.4 Å². The molecule has 1 heterocycles. The van der Waals surface area contributed by atoms with Gasteiger partial charge in [-0.05, 0) is 36.3 Å². The lowest BCUT2D eigenvalue weighted by molar-refractivity contribution is -0.118. The lowest BCUT2D eigenvalue weighted by atomic mass is 9.82. The van der Waals surface area contributed by atoms with Crippen molar-refractivity contribution in [1.29, 1.82) is 0 Å². The molecule has 3 rings (SSSR count). The van der Waals surface area contributed by atoms with Gasteiger partial charge < -0.3 is 16.0 Å². The van der Waals surface area contributed by atoms with Gasteiger partial charge in [-0.15, -0.1) is 0 Å². The Morgan fingerprint density at radius 2 is 2.00 bits per heavy atom. The number of hydrogen-bond acceptors (Lipinski definition) is 3. The van der Waals surface area contributed by atoms with E-state index in [2.05, 4.69) is 10.3 Å². The number of fused-ring (bicyclic) bond motifs is 1. The first-order valence-corrected chi connectivity index (χ1v) is 8.76. The molecule has 0 bridgehead atoms. The van der Waals surface area contributed by atoms with E-state index in [9.17, 15) is 9.59 Å². The van der Waals surface area contributed by atoms with Crippen LogP contribution in [0.5, 0.6) is 0 Å². The zero-order valence-corrected chi connectivity index (χ0v) is 13.9. The van der Waals surface area contributed by atoms with Crippen LogP contribution in [-0.4, -0.2) is 16.9 Å². The number of H-pyrrole nitrogens is 1. The van der Waals surface area contributed by atoms with Gasteiger partial charge in [0, 0.05) is 30.1 Å². The fourth-order valence-electron chi connectivity index (χ4n) is 3.76. The number of rotatable bonds is 6. The van der Waals surface area contributed by atoms with Crippen LogP contribution in [0, 0.1) is 5.92 Å². The lowest BCUT2D eigenvalue weighted by Crippen LogP contribution is -2.40. The van der Waals surface area contributed by atoms with Crippen molar-refractivity contribution in [2.45, 2.75) is 51.1 Å². The fourth-order valence-corrected chi connectivity index (χ4v) is 3.76. The van der Waals surface area contributed by atoms with E-state index in [1.54, 1.807) is 0 Å². The van der Waals surface area contributed by atoms with Crippen molar-refractivity contribution in [3.63, 3.8) is 0 Å². The Labute approximate surface area is 141 Å². The molecule has 1 atom stereocenters. The molecule has 0 saturated heterocycles. The van der Waals surface area contributed by atoms with Gasteiger partial charge in [0.1, 0.15) is 0 Å². The summed E-state index contributed by atoms with van der Waals surface area (Å²) in [5.41, 5.74) is 6.19. The van der Waals surface area contributed by atoms with E-state index in [0.717, 1.165) is 23.9 Å². The molecule has 128 valence electrons. The van der Waals surface area contributed by atoms with Crippen LogP contribution in [0.25, 0.3) is 10.8 Å². The van der Waals surface area contributed by atoms with Crippen LogP contribution in [0.1, 0.15) is 44.2 Å². The predicted molar refractivity (Wildman–Crippen MR) is 95.6 cm³/mol. The number of carbonyl (C=O) groups excluding carboxylic acids is 1. The van der Waals surface area contributed by atoms with Gasteiger partial charge in [0.25, 0.3) is 5.56 Å². The first kappa shape index (κ1) is 16.7. The molecule has 4 N–H and O–H groups in total. The number of carbonyl (C=O) groups is 1. The number of nitrogens with one attached hydrogen (secondary N) is 2. The average Bonchev–Trinajstić information content (AvgIpc) is 2.59. The minimum absolute atomic E-state index is 0.0750. The van der Waals surface area contributed by atoms with Crippen molar-refractivity contribution >= 4 is 16.7 Å². The van der Waals surface area contributed by atoms with Crippen LogP contribution in [0.2, 0.25) is 0 Å². The Hall–Kier alpha value is -2.14. The van der Waals surface area contributed by atoms with E-state index in [1.807, 2.05) is 30.3 Å². The second kappa shape index (κ2) is 7.62. The monoisotopic (exact) mass is 327 g/mol. The van der Waals surface area contributed by atoms with Gasteiger partial charge in [0.15, 0.2) is 0 Å². The summed E-state index contributed by atoms with van der Waals surface area (Å²) in [6.07, 6.45) is 6.33. The van der Waals surface area contributed by atoms with Gasteiger partial charge >= 0.3 is 0 Å². The third-order valence-electron chi connectivity index (χ3n) is 5.00. The molecule has 0 radical (unpaired) electrons. The fraction of sp³-hybridized carbons (Fsp3) is 0.474. The van der Waals surface area contributed by atoms with E-state index in [1.165, 1.54) is 19.3 Å². The van der Waals surface area contributed by atoms with Crippen molar-refractivity contribution in [2.24, 2.45) is 11.7 Å². The smallest absolute Gasteiger partial charge is 0.256 e. The molecule has 5 heteroatoms. The van der Waals surface area contributed by atoms with E-state index in [0.29, 0.717) is 24.3 Å². The van der Waals surface area contributed by atoms with Crippen LogP contribution in [-0.2, 0) is 11.3 Å². The highest BCUT2D eigenvalue weighted by Crippen LogP contribution is 2.28. The molecule has 24 heavy (non-hydrogen) atoms. The van der Waals surface area contributed by atoms with Crippen molar-refractivity contribution in [2.75, 3.05) is 0 Å². The number of hydrogen-bond donors (Lipinski definition) is 3. The summed E-state index contributed by atoms with van der Waals surface area (Å²) in [6.45, 7) is 0.536. The topological polar surface area (TPSA) is 88.0 Å². The second-order valence-corrected chi connectivity index (χ2v) is 6.77. The Morgan fingerprint density at radius 1 is 1.25 bits per heavy atom. The molecule has 0 aliphatic heterocycles. The quantitative estimate of drug-likeness (QED) is 0.761. The highest BCUT2D eigenvalue weighted by Gasteiger charge is 2.24. The first-order chi connectivity index (χ1) is 11.6. The minimum atomic E-state index is -0.273. The van der Waals surface area contributed by atoms with E-state index >= 15 is 0 Å². The third kappa shape index (κ3) is 4.03. The second-order valence-electron chi connectivity index (χ2n) is 6.77. The Bertz CT molecular complexity index is 763. The van der Waals surface area contributed by atoms with Gasteiger partial charge in [-0.1, -0.05) is 37.5 Å². The molecular weight excluding hydrogens is 302 g/mol. The van der Waals surface area contributed by atoms with Gasteiger partial charge in [-0.3, -0.25) is 9.59 Å². The lowest BCUT2D eigenvalue weighted by Gasteiger charge is -2.30. The number of aromatic nitrogens is 1. The summed E-state index contributed by atoms with van der Waals surface area (Å²) in [5, 5.41) is 5.09. The largest absolute Gasteiger partial charge is 0.370 e. The number of benzene rings is 1. The Balaban J connectivity index is 1.73. The number of primary amides is 1. The Kier molecular flexibility index (Phi) is 5.30. The maximum absolute atomic E-state index is 12.2. The van der Waals surface area contributed by atoms with Gasteiger partial charge in [0.05, 0.1) is 0 Å². The number of pyridine rings is 1. The summed E-state index contributed by atoms with van der Waals surface area (Å²) in [5.74, 6) is 0.212. The minimum Gasteiger partial charge on any atom is -0.370 e. The summed E-state index contributed by atoms with van der Waals surface area (Å²) in [4.78, 5) is 26.5. The van der Waals surface area contributed by atoms with Crippen molar-refractivity contribution < 1.29 is 4.79 Å². The van der Waals surface area contributed by atoms with Crippen molar-refractivity contribution in [1.82, 2.24) is 10.3 Å². The summed E-state index contributed by atoms with van der Waals surface area (Å²) >= 11 is 0. The molecule has 1 aromatic carbocycles. The highest BCUT2D eigenvalue weighted by molar-refractivity contribution is 5.81. The number of aromatic amines is 1. The maximum Gasteiger partial charge on any atom is 0.256 e.